The smallest absolute Gasteiger partial charge is 0.240 e. The maximum atomic E-state index is 5.29. The van der Waals surface area contributed by atoms with Gasteiger partial charge in [-0.3, -0.25) is 0 Å². The van der Waals surface area contributed by atoms with Gasteiger partial charge in [-0.15, -0.1) is 0 Å². The summed E-state index contributed by atoms with van der Waals surface area (Å²) in [7, 11) is 0. The highest BCUT2D eigenvalue weighted by Crippen LogP contribution is 2.24. The highest BCUT2D eigenvalue weighted by Gasteiger charge is 2.22. The summed E-state index contributed by atoms with van der Waals surface area (Å²) in [5, 5.41) is 7.24. The van der Waals surface area contributed by atoms with Crippen LogP contribution in [0, 0.1) is 0 Å². The zero-order chi connectivity index (χ0) is 11.5. The van der Waals surface area contributed by atoms with E-state index in [1.807, 2.05) is 0 Å². The molecule has 0 saturated carbocycles. The molecule has 6 heteroatoms. The van der Waals surface area contributed by atoms with Gasteiger partial charge in [0.25, 0.3) is 0 Å². The molecule has 0 bridgehead atoms. The molecule has 1 aliphatic heterocycles. The molecule has 17 heavy (non-hydrogen) atoms. The lowest BCUT2D eigenvalue weighted by Crippen LogP contribution is -2.26. The van der Waals surface area contributed by atoms with Gasteiger partial charge >= 0.3 is 0 Å². The number of hydrogen-bond donors (Lipinski definition) is 1. The van der Waals surface area contributed by atoms with Crippen LogP contribution in [0.2, 0.25) is 0 Å². The summed E-state index contributed by atoms with van der Waals surface area (Å²) in [5.74, 6) is 2.05. The molecule has 1 N–H and O–H groups in total. The van der Waals surface area contributed by atoms with Gasteiger partial charge < -0.3 is 9.84 Å². The highest BCUT2D eigenvalue weighted by molar-refractivity contribution is 5.40. The molecule has 0 unspecified atom stereocenters. The van der Waals surface area contributed by atoms with Crippen molar-refractivity contribution in [2.24, 2.45) is 0 Å². The second-order valence-corrected chi connectivity index (χ2v) is 4.05. The molecule has 1 aliphatic rings. The standard InChI is InChI=1S/C11H13N5O/c1-4-13-9(14-5-1)10-15-11(17-16-10)8-2-6-12-7-3-8/h1,4-5,8,12H,2-3,6-7H2. The first-order valence-electron chi connectivity index (χ1n) is 5.75. The normalized spacial score (nSPS) is 17.2. The minimum atomic E-state index is 0.362. The highest BCUT2D eigenvalue weighted by atomic mass is 16.5. The van der Waals surface area contributed by atoms with Crippen LogP contribution in [-0.2, 0) is 0 Å². The molecular formula is C11H13N5O. The predicted octanol–water partition coefficient (Wildman–Crippen LogP) is 0.994. The quantitative estimate of drug-likeness (QED) is 0.830. The van der Waals surface area contributed by atoms with Crippen molar-refractivity contribution < 1.29 is 4.52 Å². The van der Waals surface area contributed by atoms with Crippen LogP contribution in [0.4, 0.5) is 0 Å². The van der Waals surface area contributed by atoms with Crippen LogP contribution < -0.4 is 5.32 Å². The third-order valence-corrected chi connectivity index (χ3v) is 2.90. The van der Waals surface area contributed by atoms with Gasteiger partial charge in [0.1, 0.15) is 0 Å². The molecule has 3 heterocycles. The first-order chi connectivity index (χ1) is 8.43. The van der Waals surface area contributed by atoms with E-state index in [-0.39, 0.29) is 0 Å². The Morgan fingerprint density at radius 2 is 1.88 bits per heavy atom. The van der Waals surface area contributed by atoms with Gasteiger partial charge in [0, 0.05) is 18.3 Å². The minimum Gasteiger partial charge on any atom is -0.339 e. The van der Waals surface area contributed by atoms with Crippen LogP contribution in [0.5, 0.6) is 0 Å². The zero-order valence-electron chi connectivity index (χ0n) is 9.33. The summed E-state index contributed by atoms with van der Waals surface area (Å²) in [5.41, 5.74) is 0. The summed E-state index contributed by atoms with van der Waals surface area (Å²) < 4.78 is 5.29. The maximum absolute atomic E-state index is 5.29. The van der Waals surface area contributed by atoms with Crippen molar-refractivity contribution in [3.63, 3.8) is 0 Å². The fourth-order valence-electron chi connectivity index (χ4n) is 1.98. The van der Waals surface area contributed by atoms with Gasteiger partial charge in [0.2, 0.25) is 17.5 Å². The van der Waals surface area contributed by atoms with Crippen LogP contribution in [0.1, 0.15) is 24.7 Å². The Labute approximate surface area is 98.5 Å². The molecule has 0 amide bonds. The first-order valence-corrected chi connectivity index (χ1v) is 5.75. The van der Waals surface area contributed by atoms with E-state index >= 15 is 0 Å². The number of rotatable bonds is 2. The summed E-state index contributed by atoms with van der Waals surface area (Å²) in [6.45, 7) is 2.01. The summed E-state index contributed by atoms with van der Waals surface area (Å²) in [6.07, 6.45) is 5.42. The lowest BCUT2D eigenvalue weighted by atomic mass is 9.98. The summed E-state index contributed by atoms with van der Waals surface area (Å²) >= 11 is 0. The lowest BCUT2D eigenvalue weighted by Gasteiger charge is -2.18. The van der Waals surface area contributed by atoms with E-state index < -0.39 is 0 Å². The molecule has 0 aromatic carbocycles. The summed E-state index contributed by atoms with van der Waals surface area (Å²) in [6, 6.07) is 1.76. The van der Waals surface area contributed by atoms with Crippen molar-refractivity contribution in [3.05, 3.63) is 24.4 Å². The van der Waals surface area contributed by atoms with Crippen molar-refractivity contribution in [1.29, 1.82) is 0 Å². The molecule has 0 aliphatic carbocycles. The first kappa shape index (κ1) is 10.3. The van der Waals surface area contributed by atoms with E-state index in [2.05, 4.69) is 25.4 Å². The van der Waals surface area contributed by atoms with E-state index in [0.717, 1.165) is 25.9 Å². The maximum Gasteiger partial charge on any atom is 0.240 e. The van der Waals surface area contributed by atoms with Crippen LogP contribution in [0.15, 0.2) is 23.0 Å². The van der Waals surface area contributed by atoms with Crippen LogP contribution >= 0.6 is 0 Å². The Morgan fingerprint density at radius 1 is 1.12 bits per heavy atom. The van der Waals surface area contributed by atoms with Crippen LogP contribution in [0.3, 0.4) is 0 Å². The summed E-state index contributed by atoms with van der Waals surface area (Å²) in [4.78, 5) is 12.6. The Balaban J connectivity index is 1.83. The van der Waals surface area contributed by atoms with Gasteiger partial charge in [-0.2, -0.15) is 4.98 Å². The SMILES string of the molecule is c1cnc(-c2noc(C3CCNCC3)n2)nc1. The molecule has 2 aromatic heterocycles. The minimum absolute atomic E-state index is 0.362. The molecule has 6 nitrogen and oxygen atoms in total. The Bertz CT molecular complexity index is 478. The number of aromatic nitrogens is 4. The number of nitrogens with zero attached hydrogens (tertiary/aromatic N) is 4. The topological polar surface area (TPSA) is 76.7 Å². The van der Waals surface area contributed by atoms with E-state index in [4.69, 9.17) is 4.52 Å². The van der Waals surface area contributed by atoms with E-state index in [0.29, 0.717) is 23.5 Å². The monoisotopic (exact) mass is 231 g/mol. The van der Waals surface area contributed by atoms with Crippen LogP contribution in [-0.4, -0.2) is 33.2 Å². The van der Waals surface area contributed by atoms with Crippen molar-refractivity contribution in [2.75, 3.05) is 13.1 Å². The fourth-order valence-corrected chi connectivity index (χ4v) is 1.98. The zero-order valence-corrected chi connectivity index (χ0v) is 9.33. The van der Waals surface area contributed by atoms with Crippen molar-refractivity contribution in [2.45, 2.75) is 18.8 Å². The second-order valence-electron chi connectivity index (χ2n) is 4.05. The molecule has 1 fully saturated rings. The molecule has 0 spiro atoms. The molecular weight excluding hydrogens is 218 g/mol. The molecule has 1 saturated heterocycles. The fraction of sp³-hybridized carbons (Fsp3) is 0.455. The van der Waals surface area contributed by atoms with Gasteiger partial charge in [-0.1, -0.05) is 5.16 Å². The van der Waals surface area contributed by atoms with Gasteiger partial charge in [0.05, 0.1) is 0 Å². The number of piperidine rings is 1. The second kappa shape index (κ2) is 4.58. The molecule has 88 valence electrons. The average molecular weight is 231 g/mol. The Kier molecular flexibility index (Phi) is 2.79. The van der Waals surface area contributed by atoms with E-state index in [1.165, 1.54) is 0 Å². The molecule has 3 rings (SSSR count). The van der Waals surface area contributed by atoms with Gasteiger partial charge in [-0.05, 0) is 32.0 Å². The van der Waals surface area contributed by atoms with Gasteiger partial charge in [-0.25, -0.2) is 9.97 Å². The third-order valence-electron chi connectivity index (χ3n) is 2.90. The Hall–Kier alpha value is -1.82. The average Bonchev–Trinajstić information content (AvgIpc) is 2.90. The van der Waals surface area contributed by atoms with E-state index in [1.54, 1.807) is 18.5 Å². The third kappa shape index (κ3) is 2.16. The van der Waals surface area contributed by atoms with E-state index in [9.17, 15) is 0 Å². The molecule has 0 atom stereocenters. The number of hydrogen-bond acceptors (Lipinski definition) is 6. The predicted molar refractivity (Wildman–Crippen MR) is 60.2 cm³/mol. The lowest BCUT2D eigenvalue weighted by molar-refractivity contribution is 0.320. The van der Waals surface area contributed by atoms with Crippen molar-refractivity contribution in [1.82, 2.24) is 25.4 Å². The largest absolute Gasteiger partial charge is 0.339 e. The number of nitrogens with one attached hydrogen (secondary N) is 1. The van der Waals surface area contributed by atoms with Crippen molar-refractivity contribution in [3.8, 4) is 11.6 Å². The van der Waals surface area contributed by atoms with Gasteiger partial charge in [0.15, 0.2) is 0 Å². The molecule has 2 aromatic rings. The molecule has 0 radical (unpaired) electrons. The van der Waals surface area contributed by atoms with Crippen LogP contribution in [0.25, 0.3) is 11.6 Å². The Morgan fingerprint density at radius 3 is 2.65 bits per heavy atom. The van der Waals surface area contributed by atoms with Crippen molar-refractivity contribution >= 4 is 0 Å².